The number of fused-ring (bicyclic) bond motifs is 1. The van der Waals surface area contributed by atoms with Crippen molar-refractivity contribution in [3.05, 3.63) is 60.2 Å². The number of carbonyl (C=O) groups excluding carboxylic acids is 3. The van der Waals surface area contributed by atoms with Crippen LogP contribution in [0.1, 0.15) is 20.9 Å². The van der Waals surface area contributed by atoms with Gasteiger partial charge in [-0.1, -0.05) is 18.2 Å². The minimum atomic E-state index is -0.206. The number of aromatic amines is 1. The lowest BCUT2D eigenvalue weighted by Crippen LogP contribution is -2.52. The van der Waals surface area contributed by atoms with Crippen molar-refractivity contribution in [2.45, 2.75) is 0 Å². The van der Waals surface area contributed by atoms with Crippen molar-refractivity contribution in [1.29, 1.82) is 0 Å². The molecule has 8 nitrogen and oxygen atoms in total. The zero-order valence-electron chi connectivity index (χ0n) is 16.1. The monoisotopic (exact) mass is 394 g/mol. The highest BCUT2D eigenvalue weighted by Crippen LogP contribution is 2.19. The molecule has 2 aromatic heterocycles. The summed E-state index contributed by atoms with van der Waals surface area (Å²) in [4.78, 5) is 45.6. The van der Waals surface area contributed by atoms with Gasteiger partial charge in [-0.3, -0.25) is 14.4 Å². The summed E-state index contributed by atoms with van der Waals surface area (Å²) in [6.45, 7) is 1.72. The van der Waals surface area contributed by atoms with Crippen molar-refractivity contribution in [3.8, 4) is 0 Å². The van der Waals surface area contributed by atoms with Crippen LogP contribution < -0.4 is 0 Å². The maximum atomic E-state index is 12.8. The average Bonchev–Trinajstić information content (AvgIpc) is 3.43. The second-order valence-corrected chi connectivity index (χ2v) is 7.06. The van der Waals surface area contributed by atoms with E-state index in [4.69, 9.17) is 4.42 Å². The van der Waals surface area contributed by atoms with Gasteiger partial charge in [-0.25, -0.2) is 0 Å². The highest BCUT2D eigenvalue weighted by Gasteiger charge is 2.27. The van der Waals surface area contributed by atoms with E-state index in [-0.39, 0.29) is 24.3 Å². The minimum Gasteiger partial charge on any atom is -0.459 e. The topological polar surface area (TPSA) is 89.9 Å². The fraction of sp³-hybridized carbons (Fsp3) is 0.286. The van der Waals surface area contributed by atoms with Gasteiger partial charge in [0.05, 0.1) is 18.4 Å². The van der Waals surface area contributed by atoms with E-state index in [1.165, 1.54) is 11.2 Å². The molecule has 1 N–H and O–H groups in total. The van der Waals surface area contributed by atoms with Crippen LogP contribution in [-0.2, 0) is 4.79 Å². The first kappa shape index (κ1) is 18.8. The molecule has 8 heteroatoms. The van der Waals surface area contributed by atoms with Crippen LogP contribution in [0.25, 0.3) is 10.9 Å². The Morgan fingerprint density at radius 1 is 1.03 bits per heavy atom. The molecule has 1 saturated heterocycles. The van der Waals surface area contributed by atoms with E-state index in [0.29, 0.717) is 37.5 Å². The number of nitrogens with one attached hydrogen (secondary N) is 1. The molecule has 0 saturated carbocycles. The fourth-order valence-corrected chi connectivity index (χ4v) is 3.54. The third-order valence-electron chi connectivity index (χ3n) is 5.19. The second-order valence-electron chi connectivity index (χ2n) is 7.06. The van der Waals surface area contributed by atoms with Gasteiger partial charge >= 0.3 is 0 Å². The lowest BCUT2D eigenvalue weighted by molar-refractivity contribution is -0.133. The van der Waals surface area contributed by atoms with E-state index in [0.717, 1.165) is 10.9 Å². The fourth-order valence-electron chi connectivity index (χ4n) is 3.54. The van der Waals surface area contributed by atoms with Crippen LogP contribution in [0.2, 0.25) is 0 Å². The van der Waals surface area contributed by atoms with E-state index in [1.807, 2.05) is 24.3 Å². The van der Waals surface area contributed by atoms with Gasteiger partial charge < -0.3 is 24.1 Å². The van der Waals surface area contributed by atoms with Gasteiger partial charge in [-0.2, -0.15) is 0 Å². The Morgan fingerprint density at radius 3 is 2.48 bits per heavy atom. The first-order chi connectivity index (χ1) is 14.0. The van der Waals surface area contributed by atoms with Gasteiger partial charge in [0.1, 0.15) is 0 Å². The molecule has 0 radical (unpaired) electrons. The third kappa shape index (κ3) is 3.73. The van der Waals surface area contributed by atoms with E-state index >= 15 is 0 Å². The van der Waals surface area contributed by atoms with E-state index < -0.39 is 0 Å². The number of carbonyl (C=O) groups is 3. The molecule has 150 valence electrons. The predicted molar refractivity (Wildman–Crippen MR) is 106 cm³/mol. The molecule has 0 unspecified atom stereocenters. The minimum absolute atomic E-state index is 0.00945. The number of benzene rings is 1. The summed E-state index contributed by atoms with van der Waals surface area (Å²) >= 11 is 0. The van der Waals surface area contributed by atoms with Crippen LogP contribution in [0, 0.1) is 0 Å². The Labute approximate surface area is 167 Å². The summed E-state index contributed by atoms with van der Waals surface area (Å²) in [5, 5.41) is 0.835. The number of hydrogen-bond acceptors (Lipinski definition) is 4. The summed E-state index contributed by atoms with van der Waals surface area (Å²) in [5.74, 6) is -0.212. The van der Waals surface area contributed by atoms with Crippen LogP contribution in [0.3, 0.4) is 0 Å². The van der Waals surface area contributed by atoms with Crippen molar-refractivity contribution in [1.82, 2.24) is 19.7 Å². The first-order valence-electron chi connectivity index (χ1n) is 9.46. The molecule has 3 aromatic rings. The third-order valence-corrected chi connectivity index (χ3v) is 5.19. The first-order valence-corrected chi connectivity index (χ1v) is 9.46. The van der Waals surface area contributed by atoms with Crippen molar-refractivity contribution < 1.29 is 18.8 Å². The lowest BCUT2D eigenvalue weighted by atomic mass is 10.1. The largest absolute Gasteiger partial charge is 0.459 e. The van der Waals surface area contributed by atoms with Gasteiger partial charge in [-0.05, 0) is 18.2 Å². The molecule has 1 fully saturated rings. The Hall–Kier alpha value is -3.55. The van der Waals surface area contributed by atoms with Gasteiger partial charge in [0, 0.05) is 50.3 Å². The summed E-state index contributed by atoms with van der Waals surface area (Å²) < 4.78 is 5.15. The number of likely N-dealkylation sites (N-methyl/N-ethyl adjacent to an activating group) is 1. The van der Waals surface area contributed by atoms with Gasteiger partial charge in [0.25, 0.3) is 11.8 Å². The number of piperazine rings is 1. The number of rotatable bonds is 4. The number of para-hydroxylation sites is 1. The number of furan rings is 1. The molecule has 1 aliphatic rings. The molecular weight excluding hydrogens is 372 g/mol. The number of nitrogens with zero attached hydrogens (tertiary/aromatic N) is 3. The maximum absolute atomic E-state index is 12.8. The SMILES string of the molecule is CN(CC(=O)N1CCN(C(=O)c2ccco2)CC1)C(=O)c1c[nH]c2ccccc12. The zero-order valence-corrected chi connectivity index (χ0v) is 16.1. The molecule has 4 rings (SSSR count). The standard InChI is InChI=1S/C21H22N4O4/c1-23(20(27)16-13-22-17-6-3-2-5-15(16)17)14-19(26)24-8-10-25(11-9-24)21(28)18-7-4-12-29-18/h2-7,12-13,22H,8-11,14H2,1H3. The predicted octanol–water partition coefficient (Wildman–Crippen LogP) is 1.82. The number of aromatic nitrogens is 1. The lowest BCUT2D eigenvalue weighted by Gasteiger charge is -2.35. The number of H-pyrrole nitrogens is 1. The van der Waals surface area contributed by atoms with Crippen molar-refractivity contribution in [2.24, 2.45) is 0 Å². The Balaban J connectivity index is 1.33. The Morgan fingerprint density at radius 2 is 1.76 bits per heavy atom. The molecule has 1 aliphatic heterocycles. The maximum Gasteiger partial charge on any atom is 0.289 e. The number of hydrogen-bond donors (Lipinski definition) is 1. The highest BCUT2D eigenvalue weighted by atomic mass is 16.3. The summed E-state index contributed by atoms with van der Waals surface area (Å²) in [6.07, 6.45) is 3.14. The number of amides is 3. The van der Waals surface area contributed by atoms with Crippen LogP contribution in [0.4, 0.5) is 0 Å². The Bertz CT molecular complexity index is 1030. The second kappa shape index (κ2) is 7.83. The van der Waals surface area contributed by atoms with Crippen molar-refractivity contribution in [2.75, 3.05) is 39.8 Å². The van der Waals surface area contributed by atoms with Gasteiger partial charge in [0.15, 0.2) is 5.76 Å². The van der Waals surface area contributed by atoms with Crippen molar-refractivity contribution in [3.63, 3.8) is 0 Å². The molecule has 0 atom stereocenters. The van der Waals surface area contributed by atoms with Crippen molar-refractivity contribution >= 4 is 28.6 Å². The van der Waals surface area contributed by atoms with Crippen LogP contribution in [-0.4, -0.2) is 77.2 Å². The quantitative estimate of drug-likeness (QED) is 0.731. The molecule has 3 amide bonds. The molecule has 0 bridgehead atoms. The molecule has 1 aromatic carbocycles. The smallest absolute Gasteiger partial charge is 0.289 e. The summed E-state index contributed by atoms with van der Waals surface area (Å²) in [7, 11) is 1.62. The normalized spacial score (nSPS) is 14.2. The zero-order chi connectivity index (χ0) is 20.4. The van der Waals surface area contributed by atoms with Gasteiger partial charge in [0.2, 0.25) is 5.91 Å². The molecule has 0 aliphatic carbocycles. The van der Waals surface area contributed by atoms with E-state index in [2.05, 4.69) is 4.98 Å². The molecule has 3 heterocycles. The van der Waals surface area contributed by atoms with Gasteiger partial charge in [-0.15, -0.1) is 0 Å². The summed E-state index contributed by atoms with van der Waals surface area (Å²) in [6, 6.07) is 10.9. The molecular formula is C21H22N4O4. The Kier molecular flexibility index (Phi) is 5.07. The van der Waals surface area contributed by atoms with Crippen LogP contribution in [0.5, 0.6) is 0 Å². The van der Waals surface area contributed by atoms with Crippen LogP contribution in [0.15, 0.2) is 53.3 Å². The summed E-state index contributed by atoms with van der Waals surface area (Å²) in [5.41, 5.74) is 1.43. The highest BCUT2D eigenvalue weighted by molar-refractivity contribution is 6.07. The molecule has 0 spiro atoms. The molecule has 29 heavy (non-hydrogen) atoms. The van der Waals surface area contributed by atoms with Crippen LogP contribution >= 0.6 is 0 Å². The van der Waals surface area contributed by atoms with E-state index in [9.17, 15) is 14.4 Å². The van der Waals surface area contributed by atoms with E-state index in [1.54, 1.807) is 35.2 Å². The average molecular weight is 394 g/mol.